The van der Waals surface area contributed by atoms with Gasteiger partial charge in [0.15, 0.2) is 11.6 Å². The molecule has 1 N–H and O–H groups in total. The monoisotopic (exact) mass is 598 g/mol. The van der Waals surface area contributed by atoms with Gasteiger partial charge in [-0.05, 0) is 23.6 Å². The molecule has 0 unspecified atom stereocenters. The maximum absolute atomic E-state index is 15.6. The van der Waals surface area contributed by atoms with Crippen molar-refractivity contribution >= 4 is 11.3 Å². The van der Waals surface area contributed by atoms with Gasteiger partial charge in [-0.15, -0.1) is 0 Å². The third-order valence-corrected chi connectivity index (χ3v) is 7.80. The normalized spacial score (nSPS) is 21.6. The predicted octanol–water partition coefficient (Wildman–Crippen LogP) is 6.06. The molecule has 1 saturated heterocycles. The van der Waals surface area contributed by atoms with Crippen molar-refractivity contribution < 1.29 is 28.2 Å². The van der Waals surface area contributed by atoms with Crippen molar-refractivity contribution in [3.05, 3.63) is 132 Å². The van der Waals surface area contributed by atoms with Crippen LogP contribution in [0.1, 0.15) is 35.4 Å². The van der Waals surface area contributed by atoms with E-state index in [0.717, 1.165) is 16.7 Å². The topological polar surface area (TPSA) is 88.4 Å². The van der Waals surface area contributed by atoms with Crippen LogP contribution in [0.5, 0.6) is 0 Å². The van der Waals surface area contributed by atoms with E-state index in [9.17, 15) is 0 Å². The molecule has 3 aromatic carbocycles. The Balaban J connectivity index is 1.37. The van der Waals surface area contributed by atoms with Crippen LogP contribution in [0.4, 0.5) is 10.2 Å². The van der Waals surface area contributed by atoms with Gasteiger partial charge in [0.2, 0.25) is 0 Å². The molecular weight excluding hydrogens is 563 g/mol. The molecular formula is C34H35FN4O5. The van der Waals surface area contributed by atoms with Gasteiger partial charge in [-0.25, -0.2) is 19.4 Å². The van der Waals surface area contributed by atoms with Crippen LogP contribution in [-0.2, 0) is 43.6 Å². The molecule has 0 bridgehead atoms. The van der Waals surface area contributed by atoms with Crippen molar-refractivity contribution in [2.45, 2.75) is 50.7 Å². The van der Waals surface area contributed by atoms with Gasteiger partial charge in [0, 0.05) is 6.07 Å². The number of ether oxygens (including phenoxy) is 4. The summed E-state index contributed by atoms with van der Waals surface area (Å²) in [5.74, 6) is -0.338. The van der Waals surface area contributed by atoms with E-state index in [0.29, 0.717) is 18.9 Å². The molecule has 2 aromatic heterocycles. The lowest BCUT2D eigenvalue weighted by atomic mass is 9.90. The molecule has 1 aliphatic heterocycles. The van der Waals surface area contributed by atoms with E-state index in [-0.39, 0.29) is 24.5 Å². The number of rotatable bonds is 13. The summed E-state index contributed by atoms with van der Waals surface area (Å²) in [6.07, 6.45) is -0.572. The number of nitrogens with zero attached hydrogens (tertiary/aromatic N) is 3. The average Bonchev–Trinajstić information content (AvgIpc) is 3.54. The summed E-state index contributed by atoms with van der Waals surface area (Å²) in [4.78, 5) is 9.18. The number of nitrogens with one attached hydrogen (secondary N) is 1. The van der Waals surface area contributed by atoms with Crippen molar-refractivity contribution in [3.8, 4) is 0 Å². The number of hydrogen-bond donors (Lipinski definition) is 1. The highest BCUT2D eigenvalue weighted by Gasteiger charge is 2.57. The van der Waals surface area contributed by atoms with Crippen molar-refractivity contribution in [1.29, 1.82) is 0 Å². The predicted molar refractivity (Wildman–Crippen MR) is 162 cm³/mol. The molecule has 0 saturated carbocycles. The number of fused-ring (bicyclic) bond motifs is 1. The average molecular weight is 599 g/mol. The maximum Gasteiger partial charge on any atom is 0.180 e. The fourth-order valence-corrected chi connectivity index (χ4v) is 5.64. The minimum Gasteiger partial charge on any atom is -0.374 e. The molecule has 0 radical (unpaired) electrons. The van der Waals surface area contributed by atoms with Crippen molar-refractivity contribution in [2.24, 2.45) is 0 Å². The highest BCUT2D eigenvalue weighted by molar-refractivity contribution is 5.68. The molecule has 0 aliphatic carbocycles. The van der Waals surface area contributed by atoms with E-state index in [1.807, 2.05) is 97.9 Å². The van der Waals surface area contributed by atoms with Crippen LogP contribution in [0.3, 0.4) is 0 Å². The van der Waals surface area contributed by atoms with Crippen LogP contribution in [0.15, 0.2) is 103 Å². The molecule has 0 spiro atoms. The maximum atomic E-state index is 15.6. The second-order valence-electron chi connectivity index (χ2n) is 10.8. The second-order valence-corrected chi connectivity index (χ2v) is 10.8. The molecule has 3 heterocycles. The van der Waals surface area contributed by atoms with Gasteiger partial charge in [0.1, 0.15) is 35.8 Å². The van der Waals surface area contributed by atoms with Gasteiger partial charge in [-0.3, -0.25) is 4.84 Å². The summed E-state index contributed by atoms with van der Waals surface area (Å²) < 4.78 is 43.3. The van der Waals surface area contributed by atoms with Gasteiger partial charge in [0.05, 0.1) is 39.2 Å². The number of anilines is 1. The largest absolute Gasteiger partial charge is 0.374 e. The van der Waals surface area contributed by atoms with E-state index >= 15 is 4.39 Å². The van der Waals surface area contributed by atoms with Crippen molar-refractivity contribution in [2.75, 3.05) is 19.2 Å². The first-order valence-corrected chi connectivity index (χ1v) is 14.5. The lowest BCUT2D eigenvalue weighted by Gasteiger charge is -2.35. The number of hydrogen-bond acceptors (Lipinski definition) is 8. The van der Waals surface area contributed by atoms with E-state index in [2.05, 4.69) is 15.6 Å². The number of halogens is 1. The number of aromatic nitrogens is 3. The Labute approximate surface area is 255 Å². The van der Waals surface area contributed by atoms with Gasteiger partial charge < -0.3 is 18.9 Å². The quantitative estimate of drug-likeness (QED) is 0.164. The van der Waals surface area contributed by atoms with Gasteiger partial charge in [0.25, 0.3) is 0 Å². The lowest BCUT2D eigenvalue weighted by Crippen LogP contribution is -2.47. The van der Waals surface area contributed by atoms with Gasteiger partial charge in [-0.2, -0.15) is 5.10 Å². The molecule has 44 heavy (non-hydrogen) atoms. The first kappa shape index (κ1) is 29.9. The Kier molecular flexibility index (Phi) is 9.25. The molecule has 1 fully saturated rings. The van der Waals surface area contributed by atoms with Gasteiger partial charge >= 0.3 is 0 Å². The molecule has 0 amide bonds. The standard InChI is InChI=1S/C34H35FN4O5/c1-34(43-21-26-16-10-5-11-17-26)31(28-18-27(35)30-33(38-40-2)36-23-37-39(28)30)44-29(22-41-19-24-12-6-3-7-13-24)32(34)42-20-25-14-8-4-9-15-25/h3-18,23,29,31-32H,19-22H2,1-2H3,(H,36,37,38)/t29-,31+,32-,34+/m1/s1. The van der Waals surface area contributed by atoms with Crippen molar-refractivity contribution in [3.63, 3.8) is 0 Å². The molecule has 9 nitrogen and oxygen atoms in total. The third kappa shape index (κ3) is 6.35. The van der Waals surface area contributed by atoms with Crippen LogP contribution in [0.25, 0.3) is 5.52 Å². The fraction of sp³-hybridized carbons (Fsp3) is 0.294. The minimum atomic E-state index is -1.08. The number of benzene rings is 3. The Morgan fingerprint density at radius 3 is 2.14 bits per heavy atom. The van der Waals surface area contributed by atoms with E-state index in [4.69, 9.17) is 23.8 Å². The second kappa shape index (κ2) is 13.6. The van der Waals surface area contributed by atoms with Crippen molar-refractivity contribution in [1.82, 2.24) is 14.6 Å². The Hall–Kier alpha value is -4.19. The van der Waals surface area contributed by atoms with Crippen LogP contribution in [0, 0.1) is 5.82 Å². The third-order valence-electron chi connectivity index (χ3n) is 7.80. The molecule has 4 atom stereocenters. The zero-order chi connectivity index (χ0) is 30.4. The molecule has 6 rings (SSSR count). The lowest BCUT2D eigenvalue weighted by molar-refractivity contribution is -0.148. The highest BCUT2D eigenvalue weighted by Crippen LogP contribution is 2.47. The van der Waals surface area contributed by atoms with Crippen LogP contribution in [-0.4, -0.2) is 46.1 Å². The minimum absolute atomic E-state index is 0.129. The zero-order valence-electron chi connectivity index (χ0n) is 24.6. The molecule has 10 heteroatoms. The summed E-state index contributed by atoms with van der Waals surface area (Å²) in [6.45, 7) is 3.19. The van der Waals surface area contributed by atoms with E-state index in [1.54, 1.807) is 0 Å². The van der Waals surface area contributed by atoms with Gasteiger partial charge in [-0.1, -0.05) is 91.0 Å². The molecule has 228 valence electrons. The molecule has 1 aliphatic rings. The Morgan fingerprint density at radius 1 is 0.886 bits per heavy atom. The SMILES string of the molecule is CONc1ncnn2c([C@@H]3O[C@H](COCc4ccccc4)[C@@H](OCc4ccccc4)[C@@]3(C)OCc3ccccc3)cc(F)c12. The zero-order valence-corrected chi connectivity index (χ0v) is 24.6. The summed E-state index contributed by atoms with van der Waals surface area (Å²) in [5, 5.41) is 4.38. The fourth-order valence-electron chi connectivity index (χ4n) is 5.64. The summed E-state index contributed by atoms with van der Waals surface area (Å²) in [6, 6.07) is 31.1. The summed E-state index contributed by atoms with van der Waals surface area (Å²) >= 11 is 0. The summed E-state index contributed by atoms with van der Waals surface area (Å²) in [5.41, 5.74) is 5.17. The van der Waals surface area contributed by atoms with Crippen LogP contribution < -0.4 is 5.48 Å². The highest BCUT2D eigenvalue weighted by atomic mass is 19.1. The molecule has 5 aromatic rings. The van der Waals surface area contributed by atoms with Crippen LogP contribution in [0.2, 0.25) is 0 Å². The van der Waals surface area contributed by atoms with Crippen LogP contribution >= 0.6 is 0 Å². The smallest absolute Gasteiger partial charge is 0.180 e. The summed E-state index contributed by atoms with van der Waals surface area (Å²) in [7, 11) is 1.43. The Bertz CT molecular complexity index is 1640. The Morgan fingerprint density at radius 2 is 1.50 bits per heavy atom. The van der Waals surface area contributed by atoms with E-state index < -0.39 is 29.7 Å². The van der Waals surface area contributed by atoms with E-state index in [1.165, 1.54) is 24.0 Å². The first-order chi connectivity index (χ1) is 21.6. The first-order valence-electron chi connectivity index (χ1n) is 14.5.